The van der Waals surface area contributed by atoms with Gasteiger partial charge in [-0.2, -0.15) is 0 Å². The van der Waals surface area contributed by atoms with Crippen molar-refractivity contribution in [1.29, 1.82) is 0 Å². The van der Waals surface area contributed by atoms with Crippen molar-refractivity contribution >= 4 is 40.6 Å². The molecule has 0 aromatic heterocycles. The van der Waals surface area contributed by atoms with E-state index in [-0.39, 0.29) is 11.8 Å². The van der Waals surface area contributed by atoms with Gasteiger partial charge in [0.1, 0.15) is 0 Å². The highest BCUT2D eigenvalue weighted by molar-refractivity contribution is 6.33. The van der Waals surface area contributed by atoms with Gasteiger partial charge in [-0.1, -0.05) is 43.6 Å². The number of halogens is 1. The van der Waals surface area contributed by atoms with Crippen molar-refractivity contribution in [2.75, 3.05) is 16.0 Å². The topological polar surface area (TPSA) is 70.2 Å². The number of amides is 3. The van der Waals surface area contributed by atoms with Crippen LogP contribution in [-0.2, 0) is 4.79 Å². The van der Waals surface area contributed by atoms with Gasteiger partial charge in [0, 0.05) is 17.3 Å². The Morgan fingerprint density at radius 1 is 0.913 bits per heavy atom. The minimum absolute atomic E-state index is 0.0809. The average Bonchev–Trinajstić information content (AvgIpc) is 2.49. The first-order valence-electron chi connectivity index (χ1n) is 7.19. The summed E-state index contributed by atoms with van der Waals surface area (Å²) in [5.74, 6) is -0.196. The summed E-state index contributed by atoms with van der Waals surface area (Å²) in [5.41, 5.74) is 1.71. The molecule has 0 fully saturated rings. The third-order valence-electron chi connectivity index (χ3n) is 3.03. The van der Waals surface area contributed by atoms with E-state index in [9.17, 15) is 9.59 Å². The molecule has 2 rings (SSSR count). The maximum absolute atomic E-state index is 12.0. The van der Waals surface area contributed by atoms with E-state index in [1.54, 1.807) is 48.5 Å². The molecular weight excluding hydrogens is 314 g/mol. The average molecular weight is 332 g/mol. The second-order valence-corrected chi connectivity index (χ2v) is 5.69. The first kappa shape index (κ1) is 16.8. The largest absolute Gasteiger partial charge is 0.326 e. The first-order chi connectivity index (χ1) is 11.0. The van der Waals surface area contributed by atoms with Crippen LogP contribution in [0.2, 0.25) is 5.02 Å². The van der Waals surface area contributed by atoms with E-state index >= 15 is 0 Å². The molecule has 2 aromatic rings. The number of urea groups is 1. The van der Waals surface area contributed by atoms with Crippen molar-refractivity contribution < 1.29 is 9.59 Å². The zero-order valence-corrected chi connectivity index (χ0v) is 13.6. The fraction of sp³-hybridized carbons (Fsp3) is 0.176. The van der Waals surface area contributed by atoms with Crippen LogP contribution in [0.5, 0.6) is 0 Å². The first-order valence-corrected chi connectivity index (χ1v) is 7.57. The molecule has 0 spiro atoms. The van der Waals surface area contributed by atoms with Gasteiger partial charge in [-0.05, 0) is 30.3 Å². The van der Waals surface area contributed by atoms with Crippen LogP contribution in [0.15, 0.2) is 48.5 Å². The summed E-state index contributed by atoms with van der Waals surface area (Å²) in [7, 11) is 0. The molecule has 23 heavy (non-hydrogen) atoms. The number of benzene rings is 2. The Bertz CT molecular complexity index is 716. The van der Waals surface area contributed by atoms with Gasteiger partial charge in [0.25, 0.3) is 0 Å². The second-order valence-electron chi connectivity index (χ2n) is 5.28. The lowest BCUT2D eigenvalue weighted by molar-refractivity contribution is -0.118. The quantitative estimate of drug-likeness (QED) is 0.767. The summed E-state index contributed by atoms with van der Waals surface area (Å²) in [6.45, 7) is 3.63. The number of anilines is 3. The van der Waals surface area contributed by atoms with Crippen molar-refractivity contribution in [3.63, 3.8) is 0 Å². The van der Waals surface area contributed by atoms with Crippen LogP contribution in [0.25, 0.3) is 0 Å². The Morgan fingerprint density at radius 3 is 2.22 bits per heavy atom. The summed E-state index contributed by atoms with van der Waals surface area (Å²) >= 11 is 5.99. The normalized spacial score (nSPS) is 10.3. The molecule has 0 aliphatic carbocycles. The monoisotopic (exact) mass is 331 g/mol. The summed E-state index contributed by atoms with van der Waals surface area (Å²) in [5, 5.41) is 8.61. The molecule has 120 valence electrons. The van der Waals surface area contributed by atoms with Crippen LogP contribution in [0.1, 0.15) is 13.8 Å². The van der Waals surface area contributed by atoms with Crippen molar-refractivity contribution in [2.45, 2.75) is 13.8 Å². The summed E-state index contributed by atoms with van der Waals surface area (Å²) in [6, 6.07) is 13.5. The van der Waals surface area contributed by atoms with Crippen molar-refractivity contribution in [3.05, 3.63) is 53.6 Å². The van der Waals surface area contributed by atoms with Crippen LogP contribution in [0.4, 0.5) is 21.9 Å². The summed E-state index contributed by atoms with van der Waals surface area (Å²) in [4.78, 5) is 23.7. The molecule has 0 bridgehead atoms. The van der Waals surface area contributed by atoms with Gasteiger partial charge in [0.15, 0.2) is 0 Å². The summed E-state index contributed by atoms with van der Waals surface area (Å²) < 4.78 is 0. The molecule has 3 N–H and O–H groups in total. The van der Waals surface area contributed by atoms with E-state index in [2.05, 4.69) is 16.0 Å². The van der Waals surface area contributed by atoms with Gasteiger partial charge >= 0.3 is 6.03 Å². The Labute approximate surface area is 140 Å². The molecule has 0 aliphatic rings. The standard InChI is InChI=1S/C17H18ClN3O2/c1-11(2)16(22)19-12-6-5-7-13(10-12)20-17(23)21-15-9-4-3-8-14(15)18/h3-11H,1-2H3,(H,19,22)(H2,20,21,23). The highest BCUT2D eigenvalue weighted by Gasteiger charge is 2.09. The van der Waals surface area contributed by atoms with Gasteiger partial charge in [0.05, 0.1) is 10.7 Å². The minimum atomic E-state index is -0.412. The molecule has 0 radical (unpaired) electrons. The van der Waals surface area contributed by atoms with E-state index < -0.39 is 6.03 Å². The maximum atomic E-state index is 12.0. The Morgan fingerprint density at radius 2 is 1.57 bits per heavy atom. The molecule has 6 heteroatoms. The zero-order chi connectivity index (χ0) is 16.8. The predicted molar refractivity (Wildman–Crippen MR) is 94.0 cm³/mol. The fourth-order valence-corrected chi connectivity index (χ4v) is 1.99. The van der Waals surface area contributed by atoms with E-state index in [4.69, 9.17) is 11.6 Å². The molecule has 5 nitrogen and oxygen atoms in total. The number of carbonyl (C=O) groups is 2. The van der Waals surface area contributed by atoms with Crippen molar-refractivity contribution in [3.8, 4) is 0 Å². The third kappa shape index (κ3) is 5.00. The molecule has 0 saturated heterocycles. The van der Waals surface area contributed by atoms with Crippen LogP contribution in [0.3, 0.4) is 0 Å². The molecule has 0 heterocycles. The second kappa shape index (κ2) is 7.65. The van der Waals surface area contributed by atoms with E-state index in [1.165, 1.54) is 0 Å². The smallest absolute Gasteiger partial charge is 0.323 e. The third-order valence-corrected chi connectivity index (χ3v) is 3.36. The molecule has 3 amide bonds. The lowest BCUT2D eigenvalue weighted by Crippen LogP contribution is -2.20. The Kier molecular flexibility index (Phi) is 5.60. The lowest BCUT2D eigenvalue weighted by Gasteiger charge is -2.11. The number of hydrogen-bond donors (Lipinski definition) is 3. The Balaban J connectivity index is 2.01. The number of rotatable bonds is 4. The zero-order valence-electron chi connectivity index (χ0n) is 12.9. The van der Waals surface area contributed by atoms with Crippen LogP contribution < -0.4 is 16.0 Å². The molecule has 2 aromatic carbocycles. The highest BCUT2D eigenvalue weighted by Crippen LogP contribution is 2.21. The van der Waals surface area contributed by atoms with E-state index in [0.717, 1.165) is 0 Å². The lowest BCUT2D eigenvalue weighted by atomic mass is 10.2. The van der Waals surface area contributed by atoms with E-state index in [1.807, 2.05) is 13.8 Å². The van der Waals surface area contributed by atoms with Crippen LogP contribution in [-0.4, -0.2) is 11.9 Å². The van der Waals surface area contributed by atoms with Gasteiger partial charge < -0.3 is 16.0 Å². The van der Waals surface area contributed by atoms with Gasteiger partial charge in [-0.25, -0.2) is 4.79 Å². The molecule has 0 aliphatic heterocycles. The Hall–Kier alpha value is -2.53. The summed E-state index contributed by atoms with van der Waals surface area (Å²) in [6.07, 6.45) is 0. The van der Waals surface area contributed by atoms with Crippen molar-refractivity contribution in [1.82, 2.24) is 0 Å². The van der Waals surface area contributed by atoms with E-state index in [0.29, 0.717) is 22.1 Å². The number of hydrogen-bond acceptors (Lipinski definition) is 2. The van der Waals surface area contributed by atoms with Crippen LogP contribution >= 0.6 is 11.6 Å². The minimum Gasteiger partial charge on any atom is -0.326 e. The van der Waals surface area contributed by atoms with Crippen LogP contribution in [0, 0.1) is 5.92 Å². The number of nitrogens with one attached hydrogen (secondary N) is 3. The number of para-hydroxylation sites is 1. The number of carbonyl (C=O) groups excluding carboxylic acids is 2. The molecule has 0 unspecified atom stereocenters. The molecule has 0 atom stereocenters. The highest BCUT2D eigenvalue weighted by atomic mass is 35.5. The van der Waals surface area contributed by atoms with Crippen molar-refractivity contribution in [2.24, 2.45) is 5.92 Å². The molecule has 0 saturated carbocycles. The van der Waals surface area contributed by atoms with Gasteiger partial charge in [-0.15, -0.1) is 0 Å². The maximum Gasteiger partial charge on any atom is 0.323 e. The van der Waals surface area contributed by atoms with Gasteiger partial charge in [0.2, 0.25) is 5.91 Å². The fourth-order valence-electron chi connectivity index (χ4n) is 1.81. The predicted octanol–water partition coefficient (Wildman–Crippen LogP) is 4.58. The SMILES string of the molecule is CC(C)C(=O)Nc1cccc(NC(=O)Nc2ccccc2Cl)c1. The molecular formula is C17H18ClN3O2. The van der Waals surface area contributed by atoms with Gasteiger partial charge in [-0.3, -0.25) is 4.79 Å².